The first-order valence-electron chi connectivity index (χ1n) is 10.6. The van der Waals surface area contributed by atoms with E-state index in [9.17, 15) is 18.4 Å². The molecule has 0 unspecified atom stereocenters. The topological polar surface area (TPSA) is 67.2 Å². The average molecular weight is 438 g/mol. The van der Waals surface area contributed by atoms with Crippen LogP contribution in [0.15, 0.2) is 65.6 Å². The van der Waals surface area contributed by atoms with Gasteiger partial charge in [0.1, 0.15) is 11.6 Å². The second kappa shape index (κ2) is 9.72. The van der Waals surface area contributed by atoms with Gasteiger partial charge in [0.25, 0.3) is 5.56 Å². The summed E-state index contributed by atoms with van der Waals surface area (Å²) in [6.45, 7) is 1.63. The minimum atomic E-state index is -0.674. The fourth-order valence-electron chi connectivity index (χ4n) is 3.94. The van der Waals surface area contributed by atoms with Gasteiger partial charge in [-0.25, -0.2) is 13.5 Å². The normalized spacial score (nSPS) is 16.1. The summed E-state index contributed by atoms with van der Waals surface area (Å²) in [5, 5.41) is 7.06. The summed E-state index contributed by atoms with van der Waals surface area (Å²) in [6, 6.07) is 14.4. The van der Waals surface area contributed by atoms with E-state index in [0.29, 0.717) is 30.8 Å². The van der Waals surface area contributed by atoms with Crippen LogP contribution in [-0.2, 0) is 17.9 Å². The molecule has 8 heteroatoms. The van der Waals surface area contributed by atoms with E-state index in [1.165, 1.54) is 16.8 Å². The van der Waals surface area contributed by atoms with Crippen LogP contribution in [0.5, 0.6) is 0 Å². The minimum absolute atomic E-state index is 0.0566. The number of hydrogen-bond donors (Lipinski definition) is 1. The fraction of sp³-hybridized carbons (Fsp3) is 0.292. The molecule has 0 bridgehead atoms. The van der Waals surface area contributed by atoms with Gasteiger partial charge in [-0.2, -0.15) is 5.10 Å². The Morgan fingerprint density at radius 3 is 2.53 bits per heavy atom. The molecule has 32 heavy (non-hydrogen) atoms. The van der Waals surface area contributed by atoms with Gasteiger partial charge in [0, 0.05) is 31.8 Å². The molecule has 0 radical (unpaired) electrons. The Bertz CT molecular complexity index is 1130. The number of rotatable bonds is 6. The van der Waals surface area contributed by atoms with Crippen molar-refractivity contribution in [2.24, 2.45) is 5.92 Å². The number of aromatic nitrogens is 2. The van der Waals surface area contributed by atoms with E-state index in [2.05, 4.69) is 10.4 Å². The van der Waals surface area contributed by atoms with Crippen molar-refractivity contribution in [1.29, 1.82) is 0 Å². The van der Waals surface area contributed by atoms with E-state index in [1.807, 2.05) is 35.2 Å². The summed E-state index contributed by atoms with van der Waals surface area (Å²) in [5.74, 6) is -1.81. The van der Waals surface area contributed by atoms with Crippen LogP contribution in [0.3, 0.4) is 0 Å². The number of hydrogen-bond acceptors (Lipinski definition) is 4. The van der Waals surface area contributed by atoms with Gasteiger partial charge in [-0.1, -0.05) is 30.3 Å². The Morgan fingerprint density at radius 2 is 1.81 bits per heavy atom. The van der Waals surface area contributed by atoms with Crippen molar-refractivity contribution < 1.29 is 13.6 Å². The molecule has 4 rings (SSSR count). The monoisotopic (exact) mass is 438 g/mol. The van der Waals surface area contributed by atoms with Crippen LogP contribution in [0.1, 0.15) is 24.0 Å². The highest BCUT2D eigenvalue weighted by Crippen LogP contribution is 2.22. The lowest BCUT2D eigenvalue weighted by atomic mass is 9.96. The maximum Gasteiger partial charge on any atom is 0.269 e. The number of nitrogens with one attached hydrogen (secondary N) is 1. The lowest BCUT2D eigenvalue weighted by Gasteiger charge is -2.33. The molecule has 1 aliphatic heterocycles. The predicted molar refractivity (Wildman–Crippen MR) is 117 cm³/mol. The molecule has 0 spiro atoms. The Hall–Kier alpha value is -3.55. The highest BCUT2D eigenvalue weighted by atomic mass is 19.1. The van der Waals surface area contributed by atoms with Crippen molar-refractivity contribution in [2.45, 2.75) is 25.9 Å². The maximum absolute atomic E-state index is 13.3. The molecule has 6 nitrogen and oxygen atoms in total. The third kappa shape index (κ3) is 5.38. The molecule has 1 N–H and O–H groups in total. The Kier molecular flexibility index (Phi) is 6.58. The van der Waals surface area contributed by atoms with Crippen molar-refractivity contribution in [3.63, 3.8) is 0 Å². The molecule has 1 fully saturated rings. The average Bonchev–Trinajstić information content (AvgIpc) is 2.79. The summed E-state index contributed by atoms with van der Waals surface area (Å²) < 4.78 is 28.1. The Morgan fingerprint density at radius 1 is 1.06 bits per heavy atom. The zero-order valence-corrected chi connectivity index (χ0v) is 17.5. The zero-order chi connectivity index (χ0) is 22.5. The Balaban J connectivity index is 1.38. The molecule has 2 heterocycles. The first kappa shape index (κ1) is 21.7. The van der Waals surface area contributed by atoms with E-state index < -0.39 is 11.6 Å². The first-order valence-corrected chi connectivity index (χ1v) is 10.6. The number of halogens is 2. The summed E-state index contributed by atoms with van der Waals surface area (Å²) in [4.78, 5) is 27.2. The lowest BCUT2D eigenvalue weighted by molar-refractivity contribution is -0.125. The first-order chi connectivity index (χ1) is 15.5. The summed E-state index contributed by atoms with van der Waals surface area (Å²) in [7, 11) is 0. The van der Waals surface area contributed by atoms with Gasteiger partial charge in [-0.3, -0.25) is 9.59 Å². The number of carbonyl (C=O) groups is 1. The smallest absolute Gasteiger partial charge is 0.269 e. The van der Waals surface area contributed by atoms with E-state index >= 15 is 0 Å². The standard InChI is InChI=1S/C24H24F2N4O2/c25-20-9-18(10-21(26)11-20)13-27-24(32)19-7-4-8-29(16-19)22-12-23(31)30(28-14-22)15-17-5-2-1-3-6-17/h1-3,5-6,9-12,14,19H,4,7-8,13,15-16H2,(H,27,32)/t19-/m0/s1. The second-order valence-corrected chi connectivity index (χ2v) is 7.98. The number of piperidine rings is 1. The van der Waals surface area contributed by atoms with Gasteiger partial charge in [-0.05, 0) is 36.1 Å². The van der Waals surface area contributed by atoms with Crippen molar-refractivity contribution in [3.8, 4) is 0 Å². The number of benzene rings is 2. The maximum atomic E-state index is 13.3. The lowest BCUT2D eigenvalue weighted by Crippen LogP contribution is -2.43. The number of amides is 1. The quantitative estimate of drug-likeness (QED) is 0.642. The highest BCUT2D eigenvalue weighted by Gasteiger charge is 2.26. The number of carbonyl (C=O) groups excluding carboxylic acids is 1. The predicted octanol–water partition coefficient (Wildman–Crippen LogP) is 3.10. The van der Waals surface area contributed by atoms with Gasteiger partial charge in [-0.15, -0.1) is 0 Å². The molecule has 1 atom stereocenters. The van der Waals surface area contributed by atoms with Crippen LogP contribution in [0.4, 0.5) is 14.5 Å². The molecule has 1 aliphatic rings. The van der Waals surface area contributed by atoms with E-state index in [0.717, 1.165) is 24.6 Å². The van der Waals surface area contributed by atoms with Gasteiger partial charge in [0.2, 0.25) is 5.91 Å². The minimum Gasteiger partial charge on any atom is -0.369 e. The van der Waals surface area contributed by atoms with Gasteiger partial charge in [0.15, 0.2) is 0 Å². The molecular weight excluding hydrogens is 414 g/mol. The fourth-order valence-corrected chi connectivity index (χ4v) is 3.94. The third-order valence-corrected chi connectivity index (χ3v) is 5.58. The van der Waals surface area contributed by atoms with Crippen LogP contribution in [0, 0.1) is 17.6 Å². The van der Waals surface area contributed by atoms with Crippen LogP contribution in [-0.4, -0.2) is 28.8 Å². The molecular formula is C24H24F2N4O2. The Labute approximate surface area is 184 Å². The van der Waals surface area contributed by atoms with Crippen LogP contribution < -0.4 is 15.8 Å². The largest absolute Gasteiger partial charge is 0.369 e. The van der Waals surface area contributed by atoms with Crippen molar-refractivity contribution >= 4 is 11.6 Å². The van der Waals surface area contributed by atoms with Crippen molar-refractivity contribution in [2.75, 3.05) is 18.0 Å². The molecule has 3 aromatic rings. The summed E-state index contributed by atoms with van der Waals surface area (Å²) >= 11 is 0. The molecule has 2 aromatic carbocycles. The number of anilines is 1. The van der Waals surface area contributed by atoms with E-state index in [-0.39, 0.29) is 23.9 Å². The van der Waals surface area contributed by atoms with E-state index in [1.54, 1.807) is 12.3 Å². The SMILES string of the molecule is O=C(NCc1cc(F)cc(F)c1)[C@H]1CCCN(c2cnn(Cc3ccccc3)c(=O)c2)C1. The molecule has 0 saturated carbocycles. The van der Waals surface area contributed by atoms with Gasteiger partial charge >= 0.3 is 0 Å². The summed E-state index contributed by atoms with van der Waals surface area (Å²) in [6.07, 6.45) is 3.15. The third-order valence-electron chi connectivity index (χ3n) is 5.58. The molecule has 1 saturated heterocycles. The summed E-state index contributed by atoms with van der Waals surface area (Å²) in [5.41, 5.74) is 1.84. The van der Waals surface area contributed by atoms with Gasteiger partial charge < -0.3 is 10.2 Å². The van der Waals surface area contributed by atoms with E-state index in [4.69, 9.17) is 0 Å². The van der Waals surface area contributed by atoms with Crippen LogP contribution in [0.25, 0.3) is 0 Å². The molecule has 0 aliphatic carbocycles. The van der Waals surface area contributed by atoms with Crippen LogP contribution >= 0.6 is 0 Å². The highest BCUT2D eigenvalue weighted by molar-refractivity contribution is 5.79. The second-order valence-electron chi connectivity index (χ2n) is 7.98. The molecule has 166 valence electrons. The molecule has 1 amide bonds. The van der Waals surface area contributed by atoms with Gasteiger partial charge in [0.05, 0.1) is 24.3 Å². The van der Waals surface area contributed by atoms with Crippen molar-refractivity contribution in [1.82, 2.24) is 15.1 Å². The van der Waals surface area contributed by atoms with Crippen molar-refractivity contribution in [3.05, 3.63) is 93.9 Å². The van der Waals surface area contributed by atoms with Crippen LogP contribution in [0.2, 0.25) is 0 Å². The number of nitrogens with zero attached hydrogens (tertiary/aromatic N) is 3. The molecule has 1 aromatic heterocycles. The zero-order valence-electron chi connectivity index (χ0n) is 17.5.